The normalized spacial score (nSPS) is 13.5. The van der Waals surface area contributed by atoms with Gasteiger partial charge in [0.25, 0.3) is 0 Å². The first-order valence-corrected chi connectivity index (χ1v) is 39.2. The summed E-state index contributed by atoms with van der Waals surface area (Å²) in [5.74, 6) is 1.85. The molecule has 16 aromatic carbocycles. The van der Waals surface area contributed by atoms with Crippen LogP contribution in [-0.4, -0.2) is 13.9 Å². The van der Waals surface area contributed by atoms with E-state index in [9.17, 15) is 21.6 Å². The first-order chi connectivity index (χ1) is 51.8. The summed E-state index contributed by atoms with van der Waals surface area (Å²) in [6, 6.07) is 100. The minimum Gasteiger partial charge on any atom is -0.375 e. The molecule has 0 spiro atoms. The van der Waals surface area contributed by atoms with Gasteiger partial charge < -0.3 is 9.08 Å². The van der Waals surface area contributed by atoms with Crippen LogP contribution in [0.2, 0.25) is 0 Å². The summed E-state index contributed by atoms with van der Waals surface area (Å²) in [6.07, 6.45) is 1.02. The maximum absolute atomic E-state index is 13.3. The van der Waals surface area contributed by atoms with Gasteiger partial charge in [-0.1, -0.05) is 301 Å². The van der Waals surface area contributed by atoms with E-state index in [4.69, 9.17) is 4.18 Å². The van der Waals surface area contributed by atoms with Crippen molar-refractivity contribution >= 4 is 113 Å². The predicted octanol–water partition coefficient (Wildman–Crippen LogP) is 28.7. The van der Waals surface area contributed by atoms with Crippen LogP contribution < -0.4 is 9.08 Å². The average Bonchev–Trinajstić information content (AvgIpc) is 1.53. The smallest absolute Gasteiger partial charge is 0.375 e. The van der Waals surface area contributed by atoms with Gasteiger partial charge in [-0.15, -0.1) is 0 Å². The van der Waals surface area contributed by atoms with Gasteiger partial charge in [0, 0.05) is 33.0 Å². The Morgan fingerprint density at radius 2 is 0.602 bits per heavy atom. The van der Waals surface area contributed by atoms with E-state index in [2.05, 4.69) is 299 Å². The van der Waals surface area contributed by atoms with Gasteiger partial charge in [0.05, 0.1) is 5.69 Å². The molecule has 0 unspecified atom stereocenters. The fourth-order valence-corrected chi connectivity index (χ4v) is 17.5. The van der Waals surface area contributed by atoms with Crippen LogP contribution in [0.3, 0.4) is 0 Å². The molecule has 4 nitrogen and oxygen atoms in total. The fraction of sp³-hybridized carbons (Fsp3) is 0.200. The number of alkyl halides is 3. The van der Waals surface area contributed by atoms with Crippen molar-refractivity contribution in [2.45, 2.75) is 130 Å². The van der Waals surface area contributed by atoms with Crippen molar-refractivity contribution < 1.29 is 25.8 Å². The molecule has 0 saturated carbocycles. The summed E-state index contributed by atoms with van der Waals surface area (Å²) in [6.45, 7) is 26.8. The highest BCUT2D eigenvalue weighted by atomic mass is 32.2. The summed E-state index contributed by atoms with van der Waals surface area (Å²) in [5, 5.41) is 18.1. The van der Waals surface area contributed by atoms with Crippen LogP contribution in [-0.2, 0) is 27.4 Å². The van der Waals surface area contributed by atoms with E-state index >= 15 is 0 Å². The topological polar surface area (TPSA) is 46.6 Å². The van der Waals surface area contributed by atoms with Crippen LogP contribution in [0.1, 0.15) is 162 Å². The number of fused-ring (bicyclic) bond motifs is 22. The zero-order chi connectivity index (χ0) is 75.5. The highest BCUT2D eigenvalue weighted by Crippen LogP contribution is 2.58. The van der Waals surface area contributed by atoms with Crippen molar-refractivity contribution in [2.75, 3.05) is 4.90 Å². The number of hydrogen-bond acceptors (Lipinski definition) is 4. The van der Waals surface area contributed by atoms with Gasteiger partial charge in [-0.25, -0.2) is 0 Å². The molecule has 108 heavy (non-hydrogen) atoms. The highest BCUT2D eigenvalue weighted by molar-refractivity contribution is 7.88. The number of anilines is 3. The Morgan fingerprint density at radius 3 is 0.935 bits per heavy atom. The van der Waals surface area contributed by atoms with Gasteiger partial charge in [0.1, 0.15) is 0 Å². The van der Waals surface area contributed by atoms with Crippen LogP contribution in [0, 0.1) is 0 Å². The molecule has 0 bridgehead atoms. The molecule has 2 aliphatic rings. The van der Waals surface area contributed by atoms with Crippen molar-refractivity contribution in [3.63, 3.8) is 0 Å². The lowest BCUT2D eigenvalue weighted by Gasteiger charge is -2.30. The average molecular weight is 1440 g/mol. The molecule has 8 heteroatoms. The Labute approximate surface area is 632 Å². The monoisotopic (exact) mass is 1440 g/mol. The van der Waals surface area contributed by atoms with Gasteiger partial charge >= 0.3 is 15.6 Å². The van der Waals surface area contributed by atoms with E-state index in [0.717, 1.165) is 55.4 Å². The third kappa shape index (κ3) is 12.3. The van der Waals surface area contributed by atoms with Crippen molar-refractivity contribution in [1.29, 1.82) is 0 Å². The van der Waals surface area contributed by atoms with Gasteiger partial charge in [-0.3, -0.25) is 0 Å². The van der Waals surface area contributed by atoms with E-state index in [-0.39, 0.29) is 11.2 Å². The van der Waals surface area contributed by atoms with Crippen molar-refractivity contribution in [3.8, 4) is 28.0 Å². The molecular weight excluding hydrogens is 1350 g/mol. The number of hydrogen-bond donors (Lipinski definition) is 0. The minimum atomic E-state index is -5.84. The zero-order valence-electron chi connectivity index (χ0n) is 63.3. The lowest BCUT2D eigenvalue weighted by molar-refractivity contribution is -0.0499. The van der Waals surface area contributed by atoms with Crippen LogP contribution in [0.25, 0.3) is 108 Å². The highest BCUT2D eigenvalue weighted by Gasteiger charge is 2.49. The molecule has 0 aliphatic heterocycles. The van der Waals surface area contributed by atoms with E-state index in [1.807, 2.05) is 38.1 Å². The number of nitrogens with zero attached hydrogens (tertiary/aromatic N) is 1. The molecule has 2 aliphatic carbocycles. The van der Waals surface area contributed by atoms with Gasteiger partial charge in [0.2, 0.25) is 0 Å². The Bertz CT molecular complexity index is 6250. The summed E-state index contributed by atoms with van der Waals surface area (Å²) >= 11 is 0. The quantitative estimate of drug-likeness (QED) is 0.0736. The Kier molecular flexibility index (Phi) is 18.0. The Hall–Kier alpha value is -11.1. The first-order valence-electron chi connectivity index (χ1n) is 37.8. The van der Waals surface area contributed by atoms with Crippen LogP contribution >= 0.6 is 0 Å². The standard InChI is InChI=1S/C49H43N.C32H21F3O3S.C19H24/c1-30(2)32-19-23-34(24-20-32)50(35-25-21-33(22-26-35)31(3)4)47-29-46-48(41-18-12-11-17-40(41)47)44-27-42-38-15-9-7-13-36(38)37-14-8-10-16-39(37)43(42)28-45(44)49(46,5)6;1-31(2)27-16-25-21-12-6-4-10-19(21)18-9-3-5-11-20(18)24(25)15-26(27)30-23-14-8-7-13-22(23)29(17-28(30)31)38-39(36,37)32(33,34)35;1-14(2)18-9-5-16(6-10-18)13-17-7-11-19(12-8-17)15(3)4/h7-31H,1-6H3;3-17H,1-2H3;5-12,14-15H,13H2,1-4H3. The second-order valence-electron chi connectivity index (χ2n) is 31.8. The van der Waals surface area contributed by atoms with Gasteiger partial charge in [-0.2, -0.15) is 21.6 Å². The molecule has 18 rings (SSSR count). The fourth-order valence-electron chi connectivity index (χ4n) is 17.0. The molecule has 538 valence electrons. The van der Waals surface area contributed by atoms with E-state index in [0.29, 0.717) is 40.0 Å². The lowest BCUT2D eigenvalue weighted by atomic mass is 9.80. The number of rotatable bonds is 11. The lowest BCUT2D eigenvalue weighted by Crippen LogP contribution is -2.28. The Morgan fingerprint density at radius 1 is 0.324 bits per heavy atom. The third-order valence-electron chi connectivity index (χ3n) is 23.1. The van der Waals surface area contributed by atoms with Gasteiger partial charge in [0.15, 0.2) is 5.75 Å². The van der Waals surface area contributed by atoms with Crippen LogP contribution in [0.5, 0.6) is 5.75 Å². The molecule has 0 aromatic heterocycles. The van der Waals surface area contributed by atoms with E-state index < -0.39 is 21.0 Å². The van der Waals surface area contributed by atoms with E-state index in [1.165, 1.54) is 122 Å². The molecule has 16 aromatic rings. The first kappa shape index (κ1) is 71.2. The molecule has 0 fully saturated rings. The number of halogens is 3. The summed E-state index contributed by atoms with van der Waals surface area (Å²) < 4.78 is 68.5. The number of benzene rings is 16. The molecule has 0 N–H and O–H groups in total. The minimum absolute atomic E-state index is 0.195. The van der Waals surface area contributed by atoms with Gasteiger partial charge in [-0.05, 0) is 244 Å². The maximum atomic E-state index is 13.3. The van der Waals surface area contributed by atoms with Crippen LogP contribution in [0.4, 0.5) is 30.2 Å². The van der Waals surface area contributed by atoms with Crippen molar-refractivity contribution in [2.24, 2.45) is 0 Å². The van der Waals surface area contributed by atoms with Crippen molar-refractivity contribution in [3.05, 3.63) is 335 Å². The largest absolute Gasteiger partial charge is 0.534 e. The maximum Gasteiger partial charge on any atom is 0.534 e. The molecule has 0 amide bonds. The van der Waals surface area contributed by atoms with Crippen molar-refractivity contribution in [1.82, 2.24) is 0 Å². The molecule has 0 saturated heterocycles. The van der Waals surface area contributed by atoms with E-state index in [1.54, 1.807) is 24.3 Å². The predicted molar refractivity (Wildman–Crippen MR) is 450 cm³/mol. The Balaban J connectivity index is 0.000000136. The molecular formula is C100H88F3NO3S. The molecule has 0 heterocycles. The summed E-state index contributed by atoms with van der Waals surface area (Å²) in [5.41, 5.74) is 14.6. The SMILES string of the molecule is CC(C)c1ccc(Cc2ccc(C(C)C)cc2)cc1.CC(C)c1ccc(N(c2ccc(C(C)C)cc2)c2cc3c(c4ccccc24)-c2cc4c5ccccc5c5ccccc5c4cc2C3(C)C)cc1.CC1(C)c2cc3c4ccccc4c4ccccc4c3cc2-c2c1cc(OS(=O)(=O)C(F)(F)F)c1ccccc21. The second kappa shape index (κ2) is 27.3. The third-order valence-corrected chi connectivity index (χ3v) is 24.1. The second-order valence-corrected chi connectivity index (χ2v) is 33.3. The molecule has 0 radical (unpaired) electrons. The zero-order valence-corrected chi connectivity index (χ0v) is 64.1. The molecule has 0 atom stereocenters. The van der Waals surface area contributed by atoms with Crippen LogP contribution in [0.15, 0.2) is 279 Å². The summed E-state index contributed by atoms with van der Waals surface area (Å²) in [7, 11) is -5.84. The summed E-state index contributed by atoms with van der Waals surface area (Å²) in [4.78, 5) is 2.48.